The predicted octanol–water partition coefficient (Wildman–Crippen LogP) is 7.84. The van der Waals surface area contributed by atoms with Crippen LogP contribution in [0.3, 0.4) is 0 Å². The van der Waals surface area contributed by atoms with Gasteiger partial charge in [0.05, 0.1) is 16.7 Å². The van der Waals surface area contributed by atoms with Crippen LogP contribution < -0.4 is 5.32 Å². The molecular formula is C39H35Cl2N5O3. The zero-order valence-electron chi connectivity index (χ0n) is 26.7. The van der Waals surface area contributed by atoms with Gasteiger partial charge in [0.1, 0.15) is 6.04 Å². The molecule has 6 aromatic rings. The average Bonchev–Trinajstić information content (AvgIpc) is 3.77. The summed E-state index contributed by atoms with van der Waals surface area (Å²) in [4.78, 5) is 13.6. The Morgan fingerprint density at radius 1 is 0.796 bits per heavy atom. The van der Waals surface area contributed by atoms with Crippen LogP contribution in [0.4, 0.5) is 0 Å². The van der Waals surface area contributed by atoms with Gasteiger partial charge < -0.3 is 15.5 Å². The monoisotopic (exact) mass is 691 g/mol. The second-order valence-corrected chi connectivity index (χ2v) is 13.0. The highest BCUT2D eigenvalue weighted by Crippen LogP contribution is 2.42. The average molecular weight is 693 g/mol. The summed E-state index contributed by atoms with van der Waals surface area (Å²) in [5, 5.41) is 31.9. The summed E-state index contributed by atoms with van der Waals surface area (Å²) in [6.07, 6.45) is 3.55. The quantitative estimate of drug-likeness (QED) is 0.119. The van der Waals surface area contributed by atoms with Crippen LogP contribution in [-0.2, 0) is 17.9 Å². The number of nitrogens with zero attached hydrogens (tertiary/aromatic N) is 4. The Hall–Kier alpha value is -4.57. The van der Waals surface area contributed by atoms with Gasteiger partial charge >= 0.3 is 5.97 Å². The lowest BCUT2D eigenvalue weighted by molar-refractivity contribution is -0.142. The molecule has 0 spiro atoms. The van der Waals surface area contributed by atoms with E-state index in [4.69, 9.17) is 28.3 Å². The van der Waals surface area contributed by atoms with Crippen molar-refractivity contribution < 1.29 is 15.0 Å². The zero-order valence-corrected chi connectivity index (χ0v) is 28.2. The Balaban J connectivity index is 1.13. The number of benzene rings is 4. The number of rotatable bonds is 11. The molecule has 10 heteroatoms. The molecular weight excluding hydrogens is 657 g/mol. The first-order valence-corrected chi connectivity index (χ1v) is 17.1. The molecule has 2 aromatic heterocycles. The summed E-state index contributed by atoms with van der Waals surface area (Å²) in [7, 11) is 0. The SMILES string of the molecule is O=C(O)[C@H]1CCCN1Cc1ccc(-c2nnc3cc(-c4cccc(-c5cccc(-c6ccc(CNCCO)cc6)c5Cl)c4Cl)ccn23)cc1. The highest BCUT2D eigenvalue weighted by atomic mass is 35.5. The number of aliphatic carboxylic acids is 1. The second kappa shape index (κ2) is 14.5. The molecule has 0 bridgehead atoms. The number of likely N-dealkylation sites (tertiary alicyclic amines) is 1. The first-order valence-electron chi connectivity index (χ1n) is 16.3. The van der Waals surface area contributed by atoms with E-state index in [9.17, 15) is 9.90 Å². The summed E-state index contributed by atoms with van der Waals surface area (Å²) in [6.45, 7) is 2.74. The molecule has 1 saturated heterocycles. The maximum atomic E-state index is 11.6. The first-order chi connectivity index (χ1) is 23.9. The van der Waals surface area contributed by atoms with Crippen LogP contribution in [0.5, 0.6) is 0 Å². The van der Waals surface area contributed by atoms with E-state index in [-0.39, 0.29) is 6.61 Å². The normalized spacial score (nSPS) is 14.9. The van der Waals surface area contributed by atoms with E-state index >= 15 is 0 Å². The highest BCUT2D eigenvalue weighted by Gasteiger charge is 2.30. The minimum atomic E-state index is -0.753. The van der Waals surface area contributed by atoms with Crippen LogP contribution in [0, 0.1) is 0 Å². The molecule has 0 radical (unpaired) electrons. The number of aliphatic hydroxyl groups is 1. The van der Waals surface area contributed by atoms with E-state index in [1.807, 2.05) is 88.3 Å². The molecule has 8 nitrogen and oxygen atoms in total. The van der Waals surface area contributed by atoms with Crippen LogP contribution in [-0.4, -0.2) is 61.4 Å². The Kier molecular flexibility index (Phi) is 9.75. The van der Waals surface area contributed by atoms with E-state index in [1.165, 1.54) is 0 Å². The minimum absolute atomic E-state index is 0.107. The van der Waals surface area contributed by atoms with Crippen LogP contribution >= 0.6 is 23.2 Å². The lowest BCUT2D eigenvalue weighted by Crippen LogP contribution is -2.35. The van der Waals surface area contributed by atoms with Gasteiger partial charge in [-0.1, -0.05) is 108 Å². The van der Waals surface area contributed by atoms with E-state index in [0.717, 1.165) is 68.9 Å². The van der Waals surface area contributed by atoms with Crippen molar-refractivity contribution in [2.24, 2.45) is 0 Å². The number of carbonyl (C=O) groups is 1. The number of aromatic nitrogens is 3. The van der Waals surface area contributed by atoms with Crippen molar-refractivity contribution in [2.75, 3.05) is 19.7 Å². The maximum absolute atomic E-state index is 11.6. The number of pyridine rings is 1. The summed E-state index contributed by atoms with van der Waals surface area (Å²) in [5.74, 6) is -0.0350. The second-order valence-electron chi connectivity index (χ2n) is 12.3. The third kappa shape index (κ3) is 6.84. The number of hydrogen-bond acceptors (Lipinski definition) is 6. The fourth-order valence-corrected chi connectivity index (χ4v) is 7.26. The number of fused-ring (bicyclic) bond motifs is 1. The Bertz CT molecular complexity index is 2120. The summed E-state index contributed by atoms with van der Waals surface area (Å²) in [5.41, 5.74) is 9.17. The molecule has 1 atom stereocenters. The summed E-state index contributed by atoms with van der Waals surface area (Å²) >= 11 is 14.2. The summed E-state index contributed by atoms with van der Waals surface area (Å²) in [6, 6.07) is 31.8. The Labute approximate surface area is 294 Å². The van der Waals surface area contributed by atoms with Crippen molar-refractivity contribution in [3.63, 3.8) is 0 Å². The molecule has 0 saturated carbocycles. The van der Waals surface area contributed by atoms with Crippen molar-refractivity contribution in [3.05, 3.63) is 124 Å². The molecule has 7 rings (SSSR count). The van der Waals surface area contributed by atoms with Gasteiger partial charge in [0.15, 0.2) is 11.5 Å². The molecule has 1 aliphatic heterocycles. The predicted molar refractivity (Wildman–Crippen MR) is 195 cm³/mol. The van der Waals surface area contributed by atoms with Crippen molar-refractivity contribution in [3.8, 4) is 44.8 Å². The van der Waals surface area contributed by atoms with E-state index in [2.05, 4.69) is 39.8 Å². The maximum Gasteiger partial charge on any atom is 0.320 e. The van der Waals surface area contributed by atoms with Gasteiger partial charge in [0.2, 0.25) is 0 Å². The van der Waals surface area contributed by atoms with Crippen LogP contribution in [0.15, 0.2) is 103 Å². The molecule has 4 aromatic carbocycles. The molecule has 0 unspecified atom stereocenters. The van der Waals surface area contributed by atoms with Gasteiger partial charge in [-0.2, -0.15) is 0 Å². The molecule has 0 amide bonds. The molecule has 49 heavy (non-hydrogen) atoms. The number of aliphatic hydroxyl groups excluding tert-OH is 1. The number of hydrogen-bond donors (Lipinski definition) is 3. The standard InChI is InChI=1S/C39H35Cl2N5O3/c40-36-30(27-13-9-25(10-14-27)23-42-18-21-47)4-1-6-32(36)33-7-2-5-31(37(33)41)29-17-20-46-35(22-29)43-44-38(46)28-15-11-26(12-16-28)24-45-19-3-8-34(45)39(48)49/h1-2,4-7,9-17,20,22,34,42,47H,3,8,18-19,21,23-24H2,(H,48,49)/t34-/m1/s1. The molecule has 1 fully saturated rings. The Morgan fingerprint density at radius 3 is 2.10 bits per heavy atom. The van der Waals surface area contributed by atoms with Crippen molar-refractivity contribution in [1.82, 2.24) is 24.8 Å². The minimum Gasteiger partial charge on any atom is -0.480 e. The van der Waals surface area contributed by atoms with E-state index in [1.54, 1.807) is 0 Å². The first kappa shape index (κ1) is 33.0. The fraction of sp³-hybridized carbons (Fsp3) is 0.205. The molecule has 1 aliphatic rings. The molecule has 3 N–H and O–H groups in total. The van der Waals surface area contributed by atoms with Crippen molar-refractivity contribution >= 4 is 34.8 Å². The topological polar surface area (TPSA) is 103 Å². The molecule has 248 valence electrons. The van der Waals surface area contributed by atoms with E-state index < -0.39 is 12.0 Å². The third-order valence-corrected chi connectivity index (χ3v) is 9.95. The number of halogens is 2. The van der Waals surface area contributed by atoms with Gasteiger partial charge in [-0.25, -0.2) is 0 Å². The van der Waals surface area contributed by atoms with Gasteiger partial charge in [0, 0.05) is 53.6 Å². The number of carboxylic acids is 1. The zero-order chi connectivity index (χ0) is 33.9. The lowest BCUT2D eigenvalue weighted by Gasteiger charge is -2.21. The van der Waals surface area contributed by atoms with Crippen LogP contribution in [0.1, 0.15) is 24.0 Å². The van der Waals surface area contributed by atoms with Crippen LogP contribution in [0.25, 0.3) is 50.4 Å². The van der Waals surface area contributed by atoms with Crippen molar-refractivity contribution in [2.45, 2.75) is 32.0 Å². The number of carboxylic acid groups (broad SMARTS) is 1. The largest absolute Gasteiger partial charge is 0.480 e. The fourth-order valence-electron chi connectivity index (χ4n) is 6.58. The van der Waals surface area contributed by atoms with Crippen molar-refractivity contribution in [1.29, 1.82) is 0 Å². The van der Waals surface area contributed by atoms with Gasteiger partial charge in [-0.05, 0) is 53.8 Å². The highest BCUT2D eigenvalue weighted by molar-refractivity contribution is 6.39. The van der Waals surface area contributed by atoms with Gasteiger partial charge in [-0.15, -0.1) is 10.2 Å². The molecule has 3 heterocycles. The smallest absolute Gasteiger partial charge is 0.320 e. The third-order valence-electron chi connectivity index (χ3n) is 9.14. The molecule has 0 aliphatic carbocycles. The summed E-state index contributed by atoms with van der Waals surface area (Å²) < 4.78 is 1.95. The van der Waals surface area contributed by atoms with Crippen LogP contribution in [0.2, 0.25) is 10.0 Å². The Morgan fingerprint density at radius 2 is 1.43 bits per heavy atom. The van der Waals surface area contributed by atoms with Gasteiger partial charge in [0.25, 0.3) is 0 Å². The van der Waals surface area contributed by atoms with Gasteiger partial charge in [-0.3, -0.25) is 14.1 Å². The lowest BCUT2D eigenvalue weighted by atomic mass is 9.95. The number of nitrogens with one attached hydrogen (secondary N) is 1. The van der Waals surface area contributed by atoms with E-state index in [0.29, 0.717) is 41.7 Å².